The Balaban J connectivity index is 1.95. The van der Waals surface area contributed by atoms with Gasteiger partial charge in [0.15, 0.2) is 0 Å². The third-order valence-corrected chi connectivity index (χ3v) is 4.19. The van der Waals surface area contributed by atoms with E-state index in [0.29, 0.717) is 13.1 Å². The lowest BCUT2D eigenvalue weighted by Gasteiger charge is -2.26. The third-order valence-electron chi connectivity index (χ3n) is 4.19. The molecule has 19 heavy (non-hydrogen) atoms. The Morgan fingerprint density at radius 2 is 1.79 bits per heavy atom. The maximum absolute atomic E-state index is 12.4. The third kappa shape index (κ3) is 3.18. The number of amides is 2. The number of carboxylic acid groups (broad SMARTS) is 1. The number of hydrogen-bond acceptors (Lipinski definition) is 3. The summed E-state index contributed by atoms with van der Waals surface area (Å²) in [7, 11) is 2.06. The molecule has 2 heterocycles. The maximum atomic E-state index is 12.4. The summed E-state index contributed by atoms with van der Waals surface area (Å²) in [6.45, 7) is 6.21. The van der Waals surface area contributed by atoms with E-state index >= 15 is 0 Å². The predicted molar refractivity (Wildman–Crippen MR) is 70.9 cm³/mol. The molecule has 6 heteroatoms. The molecule has 2 amide bonds. The molecule has 2 atom stereocenters. The number of carbonyl (C=O) groups excluding carboxylic acids is 1. The summed E-state index contributed by atoms with van der Waals surface area (Å²) in [4.78, 5) is 29.3. The first-order valence-electron chi connectivity index (χ1n) is 6.94. The smallest absolute Gasteiger partial charge is 0.320 e. The zero-order valence-corrected chi connectivity index (χ0v) is 11.7. The highest BCUT2D eigenvalue weighted by Gasteiger charge is 2.38. The highest BCUT2D eigenvalue weighted by Crippen LogP contribution is 2.24. The first kappa shape index (κ1) is 14.1. The van der Waals surface area contributed by atoms with Crippen molar-refractivity contribution in [2.45, 2.75) is 13.3 Å². The molecule has 0 saturated carbocycles. The lowest BCUT2D eigenvalue weighted by molar-refractivity contribution is -0.142. The lowest BCUT2D eigenvalue weighted by Crippen LogP contribution is -2.44. The summed E-state index contributed by atoms with van der Waals surface area (Å²) in [6.07, 6.45) is 0.980. The molecule has 2 unspecified atom stereocenters. The number of likely N-dealkylation sites (N-methyl/N-ethyl adjacent to an activating group) is 1. The number of nitrogens with zero attached hydrogens (tertiary/aromatic N) is 3. The fourth-order valence-electron chi connectivity index (χ4n) is 2.88. The number of rotatable bonds is 1. The highest BCUT2D eigenvalue weighted by molar-refractivity contribution is 5.77. The van der Waals surface area contributed by atoms with E-state index in [1.807, 2.05) is 11.8 Å². The molecule has 1 N–H and O–H groups in total. The molecule has 2 aliphatic rings. The standard InChI is InChI=1S/C13H23N3O3/c1-10-8-16(9-11(10)12(17)18)13(19)15-5-3-4-14(2)6-7-15/h10-11H,3-9H2,1-2H3,(H,17,18). The topological polar surface area (TPSA) is 64.1 Å². The molecule has 0 aromatic carbocycles. The molecule has 0 aromatic heterocycles. The van der Waals surface area contributed by atoms with Crippen LogP contribution in [0.15, 0.2) is 0 Å². The second kappa shape index (κ2) is 5.77. The van der Waals surface area contributed by atoms with Crippen molar-refractivity contribution in [2.75, 3.05) is 46.3 Å². The van der Waals surface area contributed by atoms with Crippen LogP contribution < -0.4 is 0 Å². The van der Waals surface area contributed by atoms with Crippen LogP contribution in [-0.4, -0.2) is 78.1 Å². The summed E-state index contributed by atoms with van der Waals surface area (Å²) in [5.74, 6) is -1.17. The quantitative estimate of drug-likeness (QED) is 0.748. The van der Waals surface area contributed by atoms with Crippen LogP contribution in [0.2, 0.25) is 0 Å². The Morgan fingerprint density at radius 3 is 2.42 bits per heavy atom. The monoisotopic (exact) mass is 269 g/mol. The van der Waals surface area contributed by atoms with Gasteiger partial charge in [-0.25, -0.2) is 4.79 Å². The number of likely N-dealkylation sites (tertiary alicyclic amines) is 1. The number of urea groups is 1. The summed E-state index contributed by atoms with van der Waals surface area (Å²) in [6, 6.07) is 0.00546. The van der Waals surface area contributed by atoms with Gasteiger partial charge in [0, 0.05) is 32.7 Å². The molecule has 2 aliphatic heterocycles. The second-order valence-corrected chi connectivity index (χ2v) is 5.75. The van der Waals surface area contributed by atoms with Gasteiger partial charge in [0.05, 0.1) is 5.92 Å². The van der Waals surface area contributed by atoms with Crippen LogP contribution in [-0.2, 0) is 4.79 Å². The largest absolute Gasteiger partial charge is 0.481 e. The molecule has 0 aliphatic carbocycles. The van der Waals surface area contributed by atoms with E-state index in [9.17, 15) is 9.59 Å². The van der Waals surface area contributed by atoms with Crippen molar-refractivity contribution >= 4 is 12.0 Å². The van der Waals surface area contributed by atoms with Gasteiger partial charge in [-0.15, -0.1) is 0 Å². The first-order valence-corrected chi connectivity index (χ1v) is 6.94. The Hall–Kier alpha value is -1.30. The number of carbonyl (C=O) groups is 2. The first-order chi connectivity index (χ1) is 8.99. The van der Waals surface area contributed by atoms with Crippen molar-refractivity contribution < 1.29 is 14.7 Å². The minimum absolute atomic E-state index is 0.00546. The Morgan fingerprint density at radius 1 is 1.05 bits per heavy atom. The Kier molecular flexibility index (Phi) is 4.29. The second-order valence-electron chi connectivity index (χ2n) is 5.75. The van der Waals surface area contributed by atoms with Gasteiger partial charge < -0.3 is 19.8 Å². The number of hydrogen-bond donors (Lipinski definition) is 1. The summed E-state index contributed by atoms with van der Waals surface area (Å²) in [5.41, 5.74) is 0. The molecule has 2 rings (SSSR count). The van der Waals surface area contributed by atoms with Crippen molar-refractivity contribution in [3.63, 3.8) is 0 Å². The van der Waals surface area contributed by atoms with Gasteiger partial charge in [-0.1, -0.05) is 6.92 Å². The van der Waals surface area contributed by atoms with Gasteiger partial charge in [0.1, 0.15) is 0 Å². The van der Waals surface area contributed by atoms with E-state index in [4.69, 9.17) is 5.11 Å². The molecule has 2 saturated heterocycles. The van der Waals surface area contributed by atoms with Crippen LogP contribution in [0.5, 0.6) is 0 Å². The minimum Gasteiger partial charge on any atom is -0.481 e. The van der Waals surface area contributed by atoms with E-state index < -0.39 is 11.9 Å². The molecule has 0 spiro atoms. The van der Waals surface area contributed by atoms with Gasteiger partial charge in [-0.05, 0) is 25.9 Å². The van der Waals surface area contributed by atoms with E-state index in [1.165, 1.54) is 0 Å². The molecule has 0 radical (unpaired) electrons. The van der Waals surface area contributed by atoms with Crippen LogP contribution in [0.3, 0.4) is 0 Å². The lowest BCUT2D eigenvalue weighted by atomic mass is 9.99. The fraction of sp³-hybridized carbons (Fsp3) is 0.846. The summed E-state index contributed by atoms with van der Waals surface area (Å²) in [5, 5.41) is 9.12. The van der Waals surface area contributed by atoms with Crippen molar-refractivity contribution in [3.05, 3.63) is 0 Å². The van der Waals surface area contributed by atoms with E-state index in [2.05, 4.69) is 11.9 Å². The van der Waals surface area contributed by atoms with Crippen molar-refractivity contribution in [3.8, 4) is 0 Å². The van der Waals surface area contributed by atoms with Gasteiger partial charge in [0.25, 0.3) is 0 Å². The van der Waals surface area contributed by atoms with Gasteiger partial charge >= 0.3 is 12.0 Å². The van der Waals surface area contributed by atoms with Gasteiger partial charge in [-0.3, -0.25) is 4.79 Å². The zero-order valence-electron chi connectivity index (χ0n) is 11.7. The molecular formula is C13H23N3O3. The number of carboxylic acids is 1. The van der Waals surface area contributed by atoms with Crippen LogP contribution in [0.25, 0.3) is 0 Å². The van der Waals surface area contributed by atoms with Crippen LogP contribution >= 0.6 is 0 Å². The van der Waals surface area contributed by atoms with Crippen LogP contribution in [0.1, 0.15) is 13.3 Å². The minimum atomic E-state index is -0.793. The predicted octanol–water partition coefficient (Wildman–Crippen LogP) is 0.396. The molecular weight excluding hydrogens is 246 g/mol. The zero-order chi connectivity index (χ0) is 14.0. The normalized spacial score (nSPS) is 29.4. The van der Waals surface area contributed by atoms with Crippen molar-refractivity contribution in [2.24, 2.45) is 11.8 Å². The van der Waals surface area contributed by atoms with E-state index in [1.54, 1.807) is 4.90 Å². The average molecular weight is 269 g/mol. The fourth-order valence-corrected chi connectivity index (χ4v) is 2.88. The summed E-state index contributed by atoms with van der Waals surface area (Å²) < 4.78 is 0. The molecule has 6 nitrogen and oxygen atoms in total. The molecule has 0 bridgehead atoms. The number of aliphatic carboxylic acids is 1. The average Bonchev–Trinajstić information content (AvgIpc) is 2.61. The van der Waals surface area contributed by atoms with Crippen LogP contribution in [0, 0.1) is 11.8 Å². The molecule has 108 valence electrons. The highest BCUT2D eigenvalue weighted by atomic mass is 16.4. The molecule has 2 fully saturated rings. The van der Waals surface area contributed by atoms with Gasteiger partial charge in [-0.2, -0.15) is 0 Å². The Bertz CT molecular complexity index is 361. The maximum Gasteiger partial charge on any atom is 0.320 e. The molecule has 0 aromatic rings. The van der Waals surface area contributed by atoms with E-state index in [0.717, 1.165) is 32.6 Å². The van der Waals surface area contributed by atoms with Crippen LogP contribution in [0.4, 0.5) is 4.79 Å². The van der Waals surface area contributed by atoms with Gasteiger partial charge in [0.2, 0.25) is 0 Å². The SMILES string of the molecule is CC1CN(C(=O)N2CCCN(C)CC2)CC1C(=O)O. The Labute approximate surface area is 114 Å². The van der Waals surface area contributed by atoms with Crippen molar-refractivity contribution in [1.29, 1.82) is 0 Å². The summed E-state index contributed by atoms with van der Waals surface area (Å²) >= 11 is 0. The van der Waals surface area contributed by atoms with Crippen molar-refractivity contribution in [1.82, 2.24) is 14.7 Å². The van der Waals surface area contributed by atoms with E-state index in [-0.39, 0.29) is 11.9 Å².